The van der Waals surface area contributed by atoms with E-state index < -0.39 is 19.8 Å². The number of hydrogen-bond donors (Lipinski definition) is 2. The molecule has 1 aromatic carbocycles. The Morgan fingerprint density at radius 3 is 2.44 bits per heavy atom. The van der Waals surface area contributed by atoms with Crippen molar-refractivity contribution in [3.8, 4) is 0 Å². The molecule has 1 heterocycles. The van der Waals surface area contributed by atoms with Gasteiger partial charge >= 0.3 is 0 Å². The molecule has 2 atom stereocenters. The maximum Gasteiger partial charge on any atom is 0.256 e. The topological polar surface area (TPSA) is 94.6 Å². The molecule has 2 unspecified atom stereocenters. The lowest BCUT2D eigenvalue weighted by Gasteiger charge is -2.39. The second-order valence-electron chi connectivity index (χ2n) is 12.3. The Morgan fingerprint density at radius 1 is 1.21 bits per heavy atom. The SMILES string of the molecule is Cc1oc2ccc(C3CC34CCCC4)cc2c1C(=O)NC(C)(CO[Si](C)(C)C(C)(C)C)C(N)=O. The van der Waals surface area contributed by atoms with Crippen molar-refractivity contribution >= 4 is 31.1 Å². The van der Waals surface area contributed by atoms with Gasteiger partial charge in [0, 0.05) is 5.39 Å². The number of nitrogens with one attached hydrogen (secondary N) is 1. The number of hydrogen-bond acceptors (Lipinski definition) is 4. The monoisotopic (exact) mass is 484 g/mol. The first-order valence-electron chi connectivity index (χ1n) is 12.5. The first-order valence-corrected chi connectivity index (χ1v) is 15.4. The van der Waals surface area contributed by atoms with Crippen molar-refractivity contribution in [3.05, 3.63) is 35.1 Å². The van der Waals surface area contributed by atoms with E-state index in [0.717, 1.165) is 5.39 Å². The minimum atomic E-state index is -2.14. The molecule has 1 aromatic heterocycles. The Labute approximate surface area is 204 Å². The fraction of sp³-hybridized carbons (Fsp3) is 0.630. The van der Waals surface area contributed by atoms with Gasteiger partial charge in [0.05, 0.1) is 12.2 Å². The fourth-order valence-corrected chi connectivity index (χ4v) is 6.29. The average molecular weight is 485 g/mol. The first-order chi connectivity index (χ1) is 15.7. The van der Waals surface area contributed by atoms with Crippen LogP contribution in [-0.4, -0.2) is 32.3 Å². The van der Waals surface area contributed by atoms with Crippen LogP contribution in [0, 0.1) is 12.3 Å². The quantitative estimate of drug-likeness (QED) is 0.487. The second-order valence-corrected chi connectivity index (χ2v) is 17.1. The molecular weight excluding hydrogens is 444 g/mol. The highest BCUT2D eigenvalue weighted by Gasteiger charge is 2.55. The molecule has 186 valence electrons. The van der Waals surface area contributed by atoms with Crippen molar-refractivity contribution in [1.82, 2.24) is 5.32 Å². The number of furan rings is 1. The predicted molar refractivity (Wildman–Crippen MR) is 137 cm³/mol. The molecule has 7 heteroatoms. The zero-order valence-corrected chi connectivity index (χ0v) is 22.8. The number of aryl methyl sites for hydroxylation is 1. The highest BCUT2D eigenvalue weighted by Crippen LogP contribution is 2.67. The molecule has 2 aromatic rings. The zero-order chi connectivity index (χ0) is 25.1. The molecule has 0 bridgehead atoms. The van der Waals surface area contributed by atoms with Gasteiger partial charge in [0.1, 0.15) is 16.9 Å². The van der Waals surface area contributed by atoms with Crippen LogP contribution in [0.3, 0.4) is 0 Å². The van der Waals surface area contributed by atoms with Crippen LogP contribution in [0.2, 0.25) is 18.1 Å². The van der Waals surface area contributed by atoms with Gasteiger partial charge in [-0.2, -0.15) is 0 Å². The number of nitrogens with two attached hydrogens (primary N) is 1. The highest BCUT2D eigenvalue weighted by molar-refractivity contribution is 6.74. The number of rotatable bonds is 7. The van der Waals surface area contributed by atoms with Crippen molar-refractivity contribution in [2.24, 2.45) is 11.1 Å². The largest absolute Gasteiger partial charge is 0.461 e. The normalized spacial score (nSPS) is 21.6. The van der Waals surface area contributed by atoms with Gasteiger partial charge in [-0.3, -0.25) is 9.59 Å². The number of benzene rings is 1. The van der Waals surface area contributed by atoms with Crippen LogP contribution in [0.5, 0.6) is 0 Å². The predicted octanol–water partition coefficient (Wildman–Crippen LogP) is 5.78. The molecule has 2 fully saturated rings. The van der Waals surface area contributed by atoms with Crippen LogP contribution in [0.25, 0.3) is 11.0 Å². The molecule has 4 rings (SSSR count). The molecule has 3 N–H and O–H groups in total. The van der Waals surface area contributed by atoms with E-state index in [4.69, 9.17) is 14.6 Å². The lowest BCUT2D eigenvalue weighted by atomic mass is 9.96. The molecule has 2 aliphatic carbocycles. The maximum absolute atomic E-state index is 13.5. The van der Waals surface area contributed by atoms with Gasteiger partial charge in [-0.05, 0) is 80.3 Å². The van der Waals surface area contributed by atoms with Crippen molar-refractivity contribution in [2.75, 3.05) is 6.61 Å². The third-order valence-electron chi connectivity index (χ3n) is 8.77. The van der Waals surface area contributed by atoms with Gasteiger partial charge in [-0.1, -0.05) is 39.7 Å². The van der Waals surface area contributed by atoms with Crippen LogP contribution in [-0.2, 0) is 9.22 Å². The molecule has 0 radical (unpaired) electrons. The summed E-state index contributed by atoms with van der Waals surface area (Å²) in [4.78, 5) is 26.0. The number of amides is 2. The standard InChI is InChI=1S/C27H40N2O4Si/c1-17-22(23(30)29-26(5,24(28)31)16-32-34(6,7)25(2,3)4)19-14-18(10-11-21(19)33-17)20-15-27(20)12-8-9-13-27/h10-11,14,20H,8-9,12-13,15-16H2,1-7H3,(H2,28,31)(H,29,30). The molecule has 2 saturated carbocycles. The Hall–Kier alpha value is -2.12. The van der Waals surface area contributed by atoms with E-state index in [-0.39, 0.29) is 17.6 Å². The van der Waals surface area contributed by atoms with Gasteiger partial charge in [-0.25, -0.2) is 0 Å². The second kappa shape index (κ2) is 8.23. The van der Waals surface area contributed by atoms with Crippen LogP contribution in [0.1, 0.15) is 87.4 Å². The fourth-order valence-electron chi connectivity index (χ4n) is 5.21. The maximum atomic E-state index is 13.5. The lowest BCUT2D eigenvalue weighted by Crippen LogP contribution is -2.60. The van der Waals surface area contributed by atoms with Crippen molar-refractivity contribution in [1.29, 1.82) is 0 Å². The van der Waals surface area contributed by atoms with E-state index in [2.05, 4.69) is 51.3 Å². The van der Waals surface area contributed by atoms with Crippen LogP contribution < -0.4 is 11.1 Å². The van der Waals surface area contributed by atoms with Crippen LogP contribution >= 0.6 is 0 Å². The molecular formula is C27H40N2O4Si. The van der Waals surface area contributed by atoms with E-state index in [1.165, 1.54) is 37.7 Å². The summed E-state index contributed by atoms with van der Waals surface area (Å²) in [6, 6.07) is 6.24. The highest BCUT2D eigenvalue weighted by atomic mass is 28.4. The Morgan fingerprint density at radius 2 is 1.85 bits per heavy atom. The van der Waals surface area contributed by atoms with Crippen molar-refractivity contribution in [2.45, 2.75) is 96.3 Å². The molecule has 0 saturated heterocycles. The third-order valence-corrected chi connectivity index (χ3v) is 13.2. The van der Waals surface area contributed by atoms with E-state index >= 15 is 0 Å². The smallest absolute Gasteiger partial charge is 0.256 e. The molecule has 0 aliphatic heterocycles. The molecule has 1 spiro atoms. The van der Waals surface area contributed by atoms with Gasteiger partial charge in [0.2, 0.25) is 5.91 Å². The summed E-state index contributed by atoms with van der Waals surface area (Å²) >= 11 is 0. The van der Waals surface area contributed by atoms with Gasteiger partial charge in [-0.15, -0.1) is 0 Å². The average Bonchev–Trinajstić information content (AvgIpc) is 3.05. The lowest BCUT2D eigenvalue weighted by molar-refractivity contribution is -0.124. The van der Waals surface area contributed by atoms with Crippen molar-refractivity contribution < 1.29 is 18.4 Å². The van der Waals surface area contributed by atoms with E-state index in [9.17, 15) is 9.59 Å². The summed E-state index contributed by atoms with van der Waals surface area (Å²) in [5, 5.41) is 3.66. The molecule has 2 aliphatic rings. The number of carbonyl (C=O) groups is 2. The summed E-state index contributed by atoms with van der Waals surface area (Å²) in [5.41, 5.74) is 7.34. The Bertz CT molecular complexity index is 1120. The summed E-state index contributed by atoms with van der Waals surface area (Å²) < 4.78 is 12.2. The van der Waals surface area contributed by atoms with Crippen LogP contribution in [0.15, 0.2) is 22.6 Å². The van der Waals surface area contributed by atoms with E-state index in [1.54, 1.807) is 13.8 Å². The summed E-state index contributed by atoms with van der Waals surface area (Å²) in [6.45, 7) is 14.1. The Balaban J connectivity index is 1.59. The summed E-state index contributed by atoms with van der Waals surface area (Å²) in [6.07, 6.45) is 6.48. The number of fused-ring (bicyclic) bond motifs is 1. The first kappa shape index (κ1) is 25.0. The third kappa shape index (κ3) is 4.33. The number of primary amides is 1. The minimum Gasteiger partial charge on any atom is -0.461 e. The zero-order valence-electron chi connectivity index (χ0n) is 21.8. The number of carbonyl (C=O) groups excluding carboxylic acids is 2. The van der Waals surface area contributed by atoms with Gasteiger partial charge in [0.25, 0.3) is 5.91 Å². The van der Waals surface area contributed by atoms with Gasteiger partial charge in [0.15, 0.2) is 8.32 Å². The Kier molecular flexibility index (Phi) is 6.05. The van der Waals surface area contributed by atoms with E-state index in [1.807, 2.05) is 6.07 Å². The summed E-state index contributed by atoms with van der Waals surface area (Å²) in [5.74, 6) is 0.124. The summed E-state index contributed by atoms with van der Waals surface area (Å²) in [7, 11) is -2.14. The molecule has 34 heavy (non-hydrogen) atoms. The van der Waals surface area contributed by atoms with Gasteiger partial charge < -0.3 is 19.9 Å². The molecule has 6 nitrogen and oxygen atoms in total. The minimum absolute atomic E-state index is 0.0250. The molecule has 2 amide bonds. The van der Waals surface area contributed by atoms with E-state index in [0.29, 0.717) is 28.2 Å². The van der Waals surface area contributed by atoms with Crippen molar-refractivity contribution in [3.63, 3.8) is 0 Å². The van der Waals surface area contributed by atoms with Crippen LogP contribution in [0.4, 0.5) is 0 Å².